The highest BCUT2D eigenvalue weighted by Crippen LogP contribution is 2.32. The van der Waals surface area contributed by atoms with E-state index in [0.717, 1.165) is 36.5 Å². The summed E-state index contributed by atoms with van der Waals surface area (Å²) in [6.07, 6.45) is 3.68. The van der Waals surface area contributed by atoms with Crippen LogP contribution in [0.5, 0.6) is 0 Å². The third-order valence-electron chi connectivity index (χ3n) is 6.98. The molecule has 0 bridgehead atoms. The second-order valence-electron chi connectivity index (χ2n) is 9.49. The zero-order valence-electron chi connectivity index (χ0n) is 20.4. The van der Waals surface area contributed by atoms with Gasteiger partial charge >= 0.3 is 0 Å². The molecule has 10 heteroatoms. The Kier molecular flexibility index (Phi) is 6.66. The summed E-state index contributed by atoms with van der Waals surface area (Å²) < 4.78 is 13.6. The molecule has 2 N–H and O–H groups in total. The number of primary amides is 1. The molecule has 0 radical (unpaired) electrons. The second kappa shape index (κ2) is 9.89. The minimum atomic E-state index is -0.557. The fourth-order valence-electron chi connectivity index (χ4n) is 4.99. The molecule has 0 unspecified atom stereocenters. The average molecular weight is 510 g/mol. The Bertz CT molecular complexity index is 1270. The van der Waals surface area contributed by atoms with Gasteiger partial charge in [-0.1, -0.05) is 11.6 Å². The molecule has 2 fully saturated rings. The molecule has 1 aromatic carbocycles. The summed E-state index contributed by atoms with van der Waals surface area (Å²) in [4.78, 5) is 32.3. The first-order chi connectivity index (χ1) is 17.3. The smallest absolute Gasteiger partial charge is 0.250 e. The van der Waals surface area contributed by atoms with Gasteiger partial charge in [-0.3, -0.25) is 4.79 Å². The van der Waals surface area contributed by atoms with Crippen molar-refractivity contribution in [1.82, 2.24) is 15.0 Å². The van der Waals surface area contributed by atoms with Gasteiger partial charge in [0.15, 0.2) is 0 Å². The normalized spacial score (nSPS) is 20.2. The summed E-state index contributed by atoms with van der Waals surface area (Å²) in [5, 5.41) is 0.401. The van der Waals surface area contributed by atoms with Crippen LogP contribution in [0.25, 0.3) is 11.3 Å². The topological polar surface area (TPSA) is 91.5 Å². The highest BCUT2D eigenvalue weighted by molar-refractivity contribution is 6.33. The average Bonchev–Trinajstić information content (AvgIpc) is 3.30. The third kappa shape index (κ3) is 4.80. The number of amides is 1. The number of hydrogen-bond acceptors (Lipinski definition) is 7. The van der Waals surface area contributed by atoms with Crippen LogP contribution in [0, 0.1) is 5.82 Å². The van der Waals surface area contributed by atoms with Gasteiger partial charge in [-0.2, -0.15) is 4.98 Å². The van der Waals surface area contributed by atoms with Gasteiger partial charge in [0.1, 0.15) is 17.5 Å². The molecule has 0 saturated carbocycles. The van der Waals surface area contributed by atoms with E-state index in [1.807, 2.05) is 6.07 Å². The van der Waals surface area contributed by atoms with Gasteiger partial charge in [-0.15, -0.1) is 0 Å². The minimum Gasteiger partial charge on any atom is -0.366 e. The number of carbonyl (C=O) groups excluding carboxylic acids is 1. The first-order valence-corrected chi connectivity index (χ1v) is 12.6. The molecular weight excluding hydrogens is 481 g/mol. The van der Waals surface area contributed by atoms with E-state index in [1.54, 1.807) is 18.2 Å². The number of benzene rings is 1. The maximum Gasteiger partial charge on any atom is 0.250 e. The molecule has 36 heavy (non-hydrogen) atoms. The van der Waals surface area contributed by atoms with Crippen LogP contribution in [0.2, 0.25) is 5.02 Å². The Labute approximate surface area is 214 Å². The van der Waals surface area contributed by atoms with E-state index < -0.39 is 5.91 Å². The number of pyridine rings is 1. The summed E-state index contributed by atoms with van der Waals surface area (Å²) in [5.41, 5.74) is 7.26. The van der Waals surface area contributed by atoms with Gasteiger partial charge in [-0.05, 0) is 57.0 Å². The lowest BCUT2D eigenvalue weighted by atomic mass is 10.1. The summed E-state index contributed by atoms with van der Waals surface area (Å²) >= 11 is 6.44. The van der Waals surface area contributed by atoms with E-state index in [0.29, 0.717) is 42.5 Å². The van der Waals surface area contributed by atoms with Crippen molar-refractivity contribution < 1.29 is 9.18 Å². The molecule has 2 aromatic heterocycles. The molecule has 5 rings (SSSR count). The maximum absolute atomic E-state index is 13.6. The molecule has 3 aromatic rings. The Morgan fingerprint density at radius 2 is 1.83 bits per heavy atom. The van der Waals surface area contributed by atoms with Crippen LogP contribution in [0.3, 0.4) is 0 Å². The Morgan fingerprint density at radius 1 is 1.06 bits per heavy atom. The molecule has 2 atom stereocenters. The van der Waals surface area contributed by atoms with Crippen molar-refractivity contribution in [3.8, 4) is 11.3 Å². The van der Waals surface area contributed by atoms with Crippen LogP contribution in [0.1, 0.15) is 37.0 Å². The summed E-state index contributed by atoms with van der Waals surface area (Å²) in [7, 11) is 0. The summed E-state index contributed by atoms with van der Waals surface area (Å²) in [6, 6.07) is 10.4. The van der Waals surface area contributed by atoms with Crippen molar-refractivity contribution >= 4 is 35.1 Å². The van der Waals surface area contributed by atoms with Crippen molar-refractivity contribution in [3.05, 3.63) is 59.0 Å². The van der Waals surface area contributed by atoms with Crippen LogP contribution in [-0.4, -0.2) is 59.1 Å². The van der Waals surface area contributed by atoms with E-state index in [-0.39, 0.29) is 17.4 Å². The van der Waals surface area contributed by atoms with Crippen molar-refractivity contribution in [3.63, 3.8) is 0 Å². The number of carbonyl (C=O) groups is 1. The quantitative estimate of drug-likeness (QED) is 0.552. The van der Waals surface area contributed by atoms with E-state index in [4.69, 9.17) is 27.3 Å². The molecule has 2 aliphatic heterocycles. The number of piperazine rings is 1. The predicted molar refractivity (Wildman–Crippen MR) is 140 cm³/mol. The van der Waals surface area contributed by atoms with Gasteiger partial charge in [0.2, 0.25) is 11.9 Å². The van der Waals surface area contributed by atoms with Gasteiger partial charge in [0, 0.05) is 56.1 Å². The van der Waals surface area contributed by atoms with Crippen molar-refractivity contribution in [1.29, 1.82) is 0 Å². The van der Waals surface area contributed by atoms with Crippen LogP contribution in [-0.2, 0) is 0 Å². The van der Waals surface area contributed by atoms with Crippen LogP contribution >= 0.6 is 11.6 Å². The predicted octanol–water partition coefficient (Wildman–Crippen LogP) is 4.13. The number of anilines is 3. The third-order valence-corrected chi connectivity index (χ3v) is 7.26. The molecule has 0 spiro atoms. The zero-order valence-corrected chi connectivity index (χ0v) is 21.1. The Morgan fingerprint density at radius 3 is 2.47 bits per heavy atom. The molecular formula is C26H29ClFN7O. The monoisotopic (exact) mass is 509 g/mol. The van der Waals surface area contributed by atoms with E-state index in [9.17, 15) is 9.18 Å². The fourth-order valence-corrected chi connectivity index (χ4v) is 5.27. The van der Waals surface area contributed by atoms with Gasteiger partial charge in [0.25, 0.3) is 0 Å². The molecule has 0 aliphatic carbocycles. The van der Waals surface area contributed by atoms with E-state index in [1.165, 1.54) is 18.3 Å². The number of aromatic nitrogens is 3. The first kappa shape index (κ1) is 24.2. The van der Waals surface area contributed by atoms with Gasteiger partial charge < -0.3 is 20.4 Å². The van der Waals surface area contributed by atoms with Gasteiger partial charge in [0.05, 0.1) is 16.3 Å². The largest absolute Gasteiger partial charge is 0.366 e. The lowest BCUT2D eigenvalue weighted by Gasteiger charge is -2.41. The van der Waals surface area contributed by atoms with Crippen LogP contribution < -0.4 is 20.4 Å². The SMILES string of the molecule is C[C@@H]1CN(c2ncc(C(N)=O)cc2Cl)CCN1c1cc(-c2ccc(F)cc2)nc(N2CCC[C@@H]2C)n1. The second-order valence-corrected chi connectivity index (χ2v) is 9.89. The lowest BCUT2D eigenvalue weighted by molar-refractivity contribution is 0.1000. The molecule has 4 heterocycles. The number of rotatable bonds is 5. The molecule has 1 amide bonds. The summed E-state index contributed by atoms with van der Waals surface area (Å²) in [5.74, 6) is 1.35. The highest BCUT2D eigenvalue weighted by Gasteiger charge is 2.29. The van der Waals surface area contributed by atoms with E-state index >= 15 is 0 Å². The maximum atomic E-state index is 13.6. The Balaban J connectivity index is 1.44. The zero-order chi connectivity index (χ0) is 25.4. The van der Waals surface area contributed by atoms with Crippen molar-refractivity contribution in [2.45, 2.75) is 38.8 Å². The highest BCUT2D eigenvalue weighted by atomic mass is 35.5. The fraction of sp³-hybridized carbons (Fsp3) is 0.385. The number of halogens is 2. The number of nitrogens with two attached hydrogens (primary N) is 1. The minimum absolute atomic E-state index is 0.104. The standard InChI is InChI=1S/C26H29ClFN7O/c1-16-4-3-9-35(16)26-31-22(18-5-7-20(28)8-6-18)13-23(32-26)34-11-10-33(15-17(34)2)25-21(27)12-19(14-30-25)24(29)36/h5-8,12-14,16-17H,3-4,9-11,15H2,1-2H3,(H2,29,36)/t16-,17+/m0/s1. The Hall–Kier alpha value is -3.46. The molecule has 8 nitrogen and oxygen atoms in total. The van der Waals surface area contributed by atoms with Crippen molar-refractivity contribution in [2.24, 2.45) is 5.73 Å². The number of nitrogens with zero attached hydrogens (tertiary/aromatic N) is 6. The molecule has 188 valence electrons. The molecule has 2 aliphatic rings. The first-order valence-electron chi connectivity index (χ1n) is 12.2. The number of hydrogen-bond donors (Lipinski definition) is 1. The lowest BCUT2D eigenvalue weighted by Crippen LogP contribution is -2.53. The van der Waals surface area contributed by atoms with E-state index in [2.05, 4.69) is 33.5 Å². The molecule has 2 saturated heterocycles. The van der Waals surface area contributed by atoms with Crippen molar-refractivity contribution in [2.75, 3.05) is 40.9 Å². The van der Waals surface area contributed by atoms with Crippen LogP contribution in [0.15, 0.2) is 42.6 Å². The van der Waals surface area contributed by atoms with Gasteiger partial charge in [-0.25, -0.2) is 14.4 Å². The van der Waals surface area contributed by atoms with Crippen LogP contribution in [0.4, 0.5) is 22.0 Å². The summed E-state index contributed by atoms with van der Waals surface area (Å²) in [6.45, 7) is 7.30.